The van der Waals surface area contributed by atoms with Gasteiger partial charge in [0.05, 0.1) is 48.3 Å². The molecular weight excluding hydrogens is 478 g/mol. The second kappa shape index (κ2) is 10.9. The molecule has 8 nitrogen and oxygen atoms in total. The molecule has 3 heterocycles. The van der Waals surface area contributed by atoms with E-state index < -0.39 is 17.6 Å². The van der Waals surface area contributed by atoms with Crippen LogP contribution in [0.5, 0.6) is 0 Å². The monoisotopic (exact) mass is 503 g/mol. The summed E-state index contributed by atoms with van der Waals surface area (Å²) < 4.78 is 58.8. The number of alkyl halides is 3. The van der Waals surface area contributed by atoms with Crippen molar-refractivity contribution in [2.75, 3.05) is 35.3 Å². The van der Waals surface area contributed by atoms with E-state index >= 15 is 0 Å². The molecule has 0 radical (unpaired) electrons. The van der Waals surface area contributed by atoms with Crippen LogP contribution >= 0.6 is 0 Å². The summed E-state index contributed by atoms with van der Waals surface area (Å²) in [5, 5.41) is 6.94. The fraction of sp³-hybridized carbons (Fsp3) is 0.333. The number of halogens is 4. The third-order valence-corrected chi connectivity index (χ3v) is 5.49. The second-order valence-electron chi connectivity index (χ2n) is 8.51. The Kier molecular flexibility index (Phi) is 7.63. The molecular formula is C24H25F4N7O. The zero-order chi connectivity index (χ0) is 25.7. The van der Waals surface area contributed by atoms with Crippen molar-refractivity contribution in [2.24, 2.45) is 11.0 Å². The SMILES string of the molecule is CC(C)C1CN(c2nc(N/N=C/c3ccc(Nc4cccc(C(F)(F)F)c4)cn3)ncc2F)CCO1. The Hall–Kier alpha value is -3.80. The first-order chi connectivity index (χ1) is 17.2. The van der Waals surface area contributed by atoms with Gasteiger partial charge in [-0.1, -0.05) is 19.9 Å². The number of anilines is 4. The first-order valence-electron chi connectivity index (χ1n) is 11.3. The number of pyridine rings is 1. The van der Waals surface area contributed by atoms with E-state index in [2.05, 4.69) is 30.8 Å². The second-order valence-corrected chi connectivity index (χ2v) is 8.51. The summed E-state index contributed by atoms with van der Waals surface area (Å²) >= 11 is 0. The molecule has 0 saturated carbocycles. The lowest BCUT2D eigenvalue weighted by molar-refractivity contribution is -0.137. The lowest BCUT2D eigenvalue weighted by atomic mass is 10.1. The lowest BCUT2D eigenvalue weighted by Crippen LogP contribution is -2.45. The van der Waals surface area contributed by atoms with Gasteiger partial charge in [-0.25, -0.2) is 14.8 Å². The van der Waals surface area contributed by atoms with Crippen LogP contribution in [-0.4, -0.2) is 47.0 Å². The molecule has 1 aliphatic heterocycles. The van der Waals surface area contributed by atoms with E-state index in [1.165, 1.54) is 24.5 Å². The van der Waals surface area contributed by atoms with Gasteiger partial charge in [0.15, 0.2) is 11.6 Å². The van der Waals surface area contributed by atoms with E-state index in [-0.39, 0.29) is 17.9 Å². The minimum Gasteiger partial charge on any atom is -0.374 e. The van der Waals surface area contributed by atoms with E-state index in [1.54, 1.807) is 12.1 Å². The van der Waals surface area contributed by atoms with Gasteiger partial charge in [0.1, 0.15) is 0 Å². The molecule has 1 unspecified atom stereocenters. The molecule has 12 heteroatoms. The molecule has 190 valence electrons. The topological polar surface area (TPSA) is 87.6 Å². The molecule has 0 bridgehead atoms. The molecule has 4 rings (SSSR count). The number of benzene rings is 1. The third kappa shape index (κ3) is 6.45. The fourth-order valence-corrected chi connectivity index (χ4v) is 3.56. The molecule has 1 atom stereocenters. The Labute approximate surface area is 205 Å². The third-order valence-electron chi connectivity index (χ3n) is 5.49. The molecule has 0 spiro atoms. The molecule has 3 aromatic rings. The van der Waals surface area contributed by atoms with Gasteiger partial charge in [0.25, 0.3) is 0 Å². The lowest BCUT2D eigenvalue weighted by Gasteiger charge is -2.35. The van der Waals surface area contributed by atoms with Gasteiger partial charge >= 0.3 is 6.18 Å². The summed E-state index contributed by atoms with van der Waals surface area (Å²) in [5.41, 5.74) is 3.21. The Bertz CT molecular complexity index is 1200. The molecule has 36 heavy (non-hydrogen) atoms. The largest absolute Gasteiger partial charge is 0.416 e. The molecule has 0 aliphatic carbocycles. The van der Waals surface area contributed by atoms with Crippen LogP contribution < -0.4 is 15.6 Å². The highest BCUT2D eigenvalue weighted by atomic mass is 19.4. The van der Waals surface area contributed by atoms with Crippen molar-refractivity contribution in [3.8, 4) is 0 Å². The Morgan fingerprint density at radius 1 is 1.14 bits per heavy atom. The zero-order valence-corrected chi connectivity index (χ0v) is 19.6. The van der Waals surface area contributed by atoms with E-state index in [0.29, 0.717) is 42.7 Å². The van der Waals surface area contributed by atoms with Crippen LogP contribution in [0.2, 0.25) is 0 Å². The number of aromatic nitrogens is 3. The van der Waals surface area contributed by atoms with Crippen LogP contribution in [0.15, 0.2) is 53.9 Å². The Balaban J connectivity index is 1.37. The average Bonchev–Trinajstić information content (AvgIpc) is 2.86. The van der Waals surface area contributed by atoms with Gasteiger partial charge < -0.3 is 15.0 Å². The van der Waals surface area contributed by atoms with Crippen molar-refractivity contribution in [3.05, 3.63) is 65.9 Å². The summed E-state index contributed by atoms with van der Waals surface area (Å²) in [5.74, 6) is 0.0661. The quantitative estimate of drug-likeness (QED) is 0.264. The maximum absolute atomic E-state index is 14.4. The van der Waals surface area contributed by atoms with Crippen molar-refractivity contribution < 1.29 is 22.3 Å². The van der Waals surface area contributed by atoms with Gasteiger partial charge in [-0.2, -0.15) is 23.3 Å². The predicted octanol–water partition coefficient (Wildman–Crippen LogP) is 5.08. The normalized spacial score (nSPS) is 16.5. The van der Waals surface area contributed by atoms with E-state index in [0.717, 1.165) is 18.3 Å². The highest BCUT2D eigenvalue weighted by Gasteiger charge is 2.30. The number of hydrogen-bond acceptors (Lipinski definition) is 8. The summed E-state index contributed by atoms with van der Waals surface area (Å²) in [6.07, 6.45) is -0.454. The van der Waals surface area contributed by atoms with Crippen LogP contribution in [0.4, 0.5) is 40.7 Å². The van der Waals surface area contributed by atoms with E-state index in [4.69, 9.17) is 4.74 Å². The molecule has 1 aliphatic rings. The number of hydrazone groups is 1. The predicted molar refractivity (Wildman–Crippen MR) is 129 cm³/mol. The molecule has 1 aromatic carbocycles. The number of rotatable bonds is 7. The standard InChI is InChI=1S/C24H25F4N7O/c1-15(2)21-14-35(8-9-36-21)22-20(25)13-30-23(33-22)34-31-12-18-6-7-19(11-29-18)32-17-5-3-4-16(10-17)24(26,27)28/h3-7,10-13,15,21,32H,8-9,14H2,1-2H3,(H,30,33,34)/b31-12+. The average molecular weight is 504 g/mol. The fourth-order valence-electron chi connectivity index (χ4n) is 3.56. The summed E-state index contributed by atoms with van der Waals surface area (Å²) in [4.78, 5) is 14.2. The number of morpholine rings is 1. The summed E-state index contributed by atoms with van der Waals surface area (Å²) in [6.45, 7) is 5.63. The van der Waals surface area contributed by atoms with Crippen LogP contribution in [0.25, 0.3) is 0 Å². The first-order valence-corrected chi connectivity index (χ1v) is 11.3. The highest BCUT2D eigenvalue weighted by molar-refractivity contribution is 5.78. The number of nitrogens with zero attached hydrogens (tertiary/aromatic N) is 5. The van der Waals surface area contributed by atoms with Gasteiger partial charge in [-0.05, 0) is 36.2 Å². The van der Waals surface area contributed by atoms with Crippen LogP contribution in [0.3, 0.4) is 0 Å². The van der Waals surface area contributed by atoms with Gasteiger partial charge in [0, 0.05) is 18.8 Å². The number of hydrogen-bond donors (Lipinski definition) is 2. The molecule has 2 N–H and O–H groups in total. The van der Waals surface area contributed by atoms with Crippen LogP contribution in [0, 0.1) is 11.7 Å². The minimum atomic E-state index is -4.42. The number of ether oxygens (including phenoxy) is 1. The van der Waals surface area contributed by atoms with Crippen LogP contribution in [-0.2, 0) is 10.9 Å². The highest BCUT2D eigenvalue weighted by Crippen LogP contribution is 2.31. The van der Waals surface area contributed by atoms with Crippen molar-refractivity contribution in [1.82, 2.24) is 15.0 Å². The molecule has 0 amide bonds. The van der Waals surface area contributed by atoms with Crippen molar-refractivity contribution in [1.29, 1.82) is 0 Å². The van der Waals surface area contributed by atoms with Crippen molar-refractivity contribution >= 4 is 29.4 Å². The van der Waals surface area contributed by atoms with E-state index in [1.807, 2.05) is 18.7 Å². The molecule has 1 saturated heterocycles. The zero-order valence-electron chi connectivity index (χ0n) is 19.6. The van der Waals surface area contributed by atoms with Gasteiger partial charge in [-0.15, -0.1) is 0 Å². The van der Waals surface area contributed by atoms with Gasteiger partial charge in [-0.3, -0.25) is 4.98 Å². The maximum atomic E-state index is 14.4. The maximum Gasteiger partial charge on any atom is 0.416 e. The van der Waals surface area contributed by atoms with Gasteiger partial charge in [0.2, 0.25) is 5.95 Å². The summed E-state index contributed by atoms with van der Waals surface area (Å²) in [6, 6.07) is 8.19. The molecule has 2 aromatic heterocycles. The van der Waals surface area contributed by atoms with Crippen molar-refractivity contribution in [3.63, 3.8) is 0 Å². The molecule has 1 fully saturated rings. The van der Waals surface area contributed by atoms with Crippen molar-refractivity contribution in [2.45, 2.75) is 26.1 Å². The summed E-state index contributed by atoms with van der Waals surface area (Å²) in [7, 11) is 0. The number of nitrogens with one attached hydrogen (secondary N) is 2. The Morgan fingerprint density at radius 3 is 2.69 bits per heavy atom. The van der Waals surface area contributed by atoms with Crippen LogP contribution in [0.1, 0.15) is 25.1 Å². The Morgan fingerprint density at radius 2 is 1.97 bits per heavy atom. The van der Waals surface area contributed by atoms with E-state index in [9.17, 15) is 17.6 Å². The first kappa shape index (κ1) is 25.3. The smallest absolute Gasteiger partial charge is 0.374 e. The minimum absolute atomic E-state index is 0.0142.